The van der Waals surface area contributed by atoms with E-state index in [0.29, 0.717) is 11.0 Å². The van der Waals surface area contributed by atoms with Crippen molar-refractivity contribution in [2.24, 2.45) is 7.05 Å². The normalized spacial score (nSPS) is 12.3. The summed E-state index contributed by atoms with van der Waals surface area (Å²) in [7, 11) is 1.81. The van der Waals surface area contributed by atoms with Gasteiger partial charge in [-0.3, -0.25) is 0 Å². The molecule has 1 atom stereocenters. The number of carboxylic acid groups (broad SMARTS) is 1. The molecule has 0 saturated heterocycles. The van der Waals surface area contributed by atoms with Crippen molar-refractivity contribution in [2.75, 3.05) is 0 Å². The van der Waals surface area contributed by atoms with Crippen molar-refractivity contribution in [3.63, 3.8) is 0 Å². The Bertz CT molecular complexity index is 554. The van der Waals surface area contributed by atoms with Gasteiger partial charge in [0.1, 0.15) is 0 Å². The number of nitrogens with zero attached hydrogens (tertiary/aromatic N) is 3. The molecule has 0 fully saturated rings. The Morgan fingerprint density at radius 2 is 2.00 bits per heavy atom. The van der Waals surface area contributed by atoms with Gasteiger partial charge in [0, 0.05) is 17.9 Å². The number of aliphatic carboxylic acids is 1. The third-order valence-corrected chi connectivity index (χ3v) is 3.59. The van der Waals surface area contributed by atoms with Crippen LogP contribution in [0.1, 0.15) is 6.92 Å². The fourth-order valence-electron chi connectivity index (χ4n) is 1.46. The molecular weight excluding hydrogens is 250 g/mol. The van der Waals surface area contributed by atoms with E-state index in [1.54, 1.807) is 11.5 Å². The summed E-state index contributed by atoms with van der Waals surface area (Å²) in [4.78, 5) is 10.7. The molecule has 5 nitrogen and oxygen atoms in total. The highest BCUT2D eigenvalue weighted by molar-refractivity contribution is 8.00. The quantitative estimate of drug-likeness (QED) is 0.759. The summed E-state index contributed by atoms with van der Waals surface area (Å²) in [6, 6.07) is 9.62. The number of hydrogen-bond donors (Lipinski definition) is 0. The van der Waals surface area contributed by atoms with Crippen molar-refractivity contribution < 1.29 is 9.90 Å². The van der Waals surface area contributed by atoms with E-state index in [1.165, 1.54) is 0 Å². The Kier molecular flexibility index (Phi) is 3.66. The van der Waals surface area contributed by atoms with Crippen LogP contribution in [-0.2, 0) is 11.8 Å². The maximum atomic E-state index is 10.7. The summed E-state index contributed by atoms with van der Waals surface area (Å²) < 4.78 is 1.78. The van der Waals surface area contributed by atoms with Crippen molar-refractivity contribution in [1.29, 1.82) is 0 Å². The average molecular weight is 262 g/mol. The SMILES string of the molecule is C[C@H](Sc1nnc(-c2ccccc2)n1C)C(=O)[O-]. The smallest absolute Gasteiger partial charge is 0.191 e. The third kappa shape index (κ3) is 2.53. The molecule has 0 aliphatic heterocycles. The molecule has 1 aromatic carbocycles. The second kappa shape index (κ2) is 5.22. The van der Waals surface area contributed by atoms with Gasteiger partial charge in [0.05, 0.1) is 5.97 Å². The van der Waals surface area contributed by atoms with Crippen molar-refractivity contribution >= 4 is 17.7 Å². The van der Waals surface area contributed by atoms with Gasteiger partial charge in [-0.05, 0) is 6.92 Å². The molecule has 0 N–H and O–H groups in total. The maximum Gasteiger partial charge on any atom is 0.191 e. The lowest BCUT2D eigenvalue weighted by molar-refractivity contribution is -0.304. The van der Waals surface area contributed by atoms with Crippen LogP contribution in [0.3, 0.4) is 0 Å². The fourth-order valence-corrected chi connectivity index (χ4v) is 2.21. The maximum absolute atomic E-state index is 10.7. The molecule has 1 heterocycles. The Labute approximate surface area is 109 Å². The monoisotopic (exact) mass is 262 g/mol. The zero-order valence-corrected chi connectivity index (χ0v) is 10.8. The van der Waals surface area contributed by atoms with Gasteiger partial charge in [-0.2, -0.15) is 0 Å². The van der Waals surface area contributed by atoms with Gasteiger partial charge >= 0.3 is 0 Å². The van der Waals surface area contributed by atoms with Crippen LogP contribution in [0.5, 0.6) is 0 Å². The van der Waals surface area contributed by atoms with Crippen molar-refractivity contribution in [3.05, 3.63) is 30.3 Å². The summed E-state index contributed by atoms with van der Waals surface area (Å²) >= 11 is 1.12. The fraction of sp³-hybridized carbons (Fsp3) is 0.250. The average Bonchev–Trinajstić information content (AvgIpc) is 2.72. The molecule has 0 spiro atoms. The zero-order valence-electron chi connectivity index (χ0n) is 10.0. The summed E-state index contributed by atoms with van der Waals surface area (Å²) in [6.45, 7) is 1.57. The first-order valence-corrected chi connectivity index (χ1v) is 6.30. The van der Waals surface area contributed by atoms with Crippen LogP contribution in [0.2, 0.25) is 0 Å². The Morgan fingerprint density at radius 3 is 2.61 bits per heavy atom. The molecule has 0 amide bonds. The van der Waals surface area contributed by atoms with Crippen molar-refractivity contribution in [2.45, 2.75) is 17.3 Å². The van der Waals surface area contributed by atoms with E-state index in [0.717, 1.165) is 17.3 Å². The molecule has 2 aromatic rings. The number of carbonyl (C=O) groups is 1. The number of rotatable bonds is 4. The largest absolute Gasteiger partial charge is 0.549 e. The first-order valence-electron chi connectivity index (χ1n) is 5.42. The molecule has 0 radical (unpaired) electrons. The number of carboxylic acids is 1. The van der Waals surface area contributed by atoms with Crippen LogP contribution < -0.4 is 5.11 Å². The highest BCUT2D eigenvalue weighted by Gasteiger charge is 2.14. The molecule has 94 valence electrons. The molecule has 2 rings (SSSR count). The lowest BCUT2D eigenvalue weighted by Crippen LogP contribution is -2.31. The van der Waals surface area contributed by atoms with E-state index >= 15 is 0 Å². The third-order valence-electron chi connectivity index (χ3n) is 2.48. The van der Waals surface area contributed by atoms with Gasteiger partial charge in [-0.15, -0.1) is 10.2 Å². The zero-order chi connectivity index (χ0) is 13.1. The van der Waals surface area contributed by atoms with Crippen molar-refractivity contribution in [1.82, 2.24) is 14.8 Å². The molecule has 0 bridgehead atoms. The van der Waals surface area contributed by atoms with Gasteiger partial charge in [0.15, 0.2) is 11.0 Å². The van der Waals surface area contributed by atoms with E-state index in [4.69, 9.17) is 0 Å². The van der Waals surface area contributed by atoms with Gasteiger partial charge in [-0.25, -0.2) is 0 Å². The molecule has 1 aromatic heterocycles. The van der Waals surface area contributed by atoms with Crippen LogP contribution in [-0.4, -0.2) is 26.0 Å². The van der Waals surface area contributed by atoms with Crippen molar-refractivity contribution in [3.8, 4) is 11.4 Å². The lowest BCUT2D eigenvalue weighted by Gasteiger charge is -2.11. The Morgan fingerprint density at radius 1 is 1.33 bits per heavy atom. The van der Waals surface area contributed by atoms with Crippen LogP contribution in [0.4, 0.5) is 0 Å². The summed E-state index contributed by atoms with van der Waals surface area (Å²) in [5, 5.41) is 18.7. The number of thioether (sulfide) groups is 1. The second-order valence-electron chi connectivity index (χ2n) is 3.81. The molecule has 0 aliphatic rings. The molecule has 0 unspecified atom stereocenters. The van der Waals surface area contributed by atoms with Crippen LogP contribution in [0, 0.1) is 0 Å². The highest BCUT2D eigenvalue weighted by atomic mass is 32.2. The van der Waals surface area contributed by atoms with Gasteiger partial charge < -0.3 is 14.5 Å². The van der Waals surface area contributed by atoms with E-state index in [9.17, 15) is 9.90 Å². The number of aromatic nitrogens is 3. The minimum Gasteiger partial charge on any atom is -0.549 e. The molecule has 18 heavy (non-hydrogen) atoms. The predicted molar refractivity (Wildman–Crippen MR) is 66.8 cm³/mol. The van der Waals surface area contributed by atoms with Crippen LogP contribution in [0.25, 0.3) is 11.4 Å². The lowest BCUT2D eigenvalue weighted by atomic mass is 10.2. The first-order chi connectivity index (χ1) is 8.59. The topological polar surface area (TPSA) is 70.8 Å². The van der Waals surface area contributed by atoms with E-state index in [-0.39, 0.29) is 0 Å². The molecule has 6 heteroatoms. The Balaban J connectivity index is 2.27. The summed E-state index contributed by atoms with van der Waals surface area (Å²) in [5.41, 5.74) is 0.945. The predicted octanol–water partition coefficient (Wildman–Crippen LogP) is 0.713. The standard InChI is InChI=1S/C12H13N3O2S/c1-8(11(16)17)18-12-14-13-10(15(12)2)9-6-4-3-5-7-9/h3-8H,1-2H3,(H,16,17)/p-1/t8-/m0/s1. The van der Waals surface area contributed by atoms with E-state index in [2.05, 4.69) is 10.2 Å². The molecular formula is C12H12N3O2S-. The molecule has 0 aliphatic carbocycles. The van der Waals surface area contributed by atoms with Gasteiger partial charge in [0.2, 0.25) is 0 Å². The number of carbonyl (C=O) groups excluding carboxylic acids is 1. The highest BCUT2D eigenvalue weighted by Crippen LogP contribution is 2.24. The summed E-state index contributed by atoms with van der Waals surface area (Å²) in [5.74, 6) is -0.395. The minimum atomic E-state index is -1.11. The van der Waals surface area contributed by atoms with Crippen LogP contribution >= 0.6 is 11.8 Å². The van der Waals surface area contributed by atoms with E-state index in [1.807, 2.05) is 37.4 Å². The summed E-state index contributed by atoms with van der Waals surface area (Å²) in [6.07, 6.45) is 0. The minimum absolute atomic E-state index is 0.561. The molecule has 0 saturated carbocycles. The van der Waals surface area contributed by atoms with Gasteiger partial charge in [-0.1, -0.05) is 42.1 Å². The number of hydrogen-bond acceptors (Lipinski definition) is 5. The number of benzene rings is 1. The van der Waals surface area contributed by atoms with Crippen LogP contribution in [0.15, 0.2) is 35.5 Å². The first kappa shape index (κ1) is 12.6. The van der Waals surface area contributed by atoms with Gasteiger partial charge in [0.25, 0.3) is 0 Å². The second-order valence-corrected chi connectivity index (χ2v) is 5.12. The van der Waals surface area contributed by atoms with E-state index < -0.39 is 11.2 Å². The Hall–Kier alpha value is -1.82.